The SMILES string of the molecule is Nc1cc(C(F)(F)F)cc2ncoc12. The van der Waals surface area contributed by atoms with Crippen molar-refractivity contribution in [3.05, 3.63) is 24.1 Å². The molecule has 14 heavy (non-hydrogen) atoms. The summed E-state index contributed by atoms with van der Waals surface area (Å²) in [6, 6.07) is 1.72. The van der Waals surface area contributed by atoms with Gasteiger partial charge in [0.15, 0.2) is 12.0 Å². The molecule has 0 bridgehead atoms. The molecule has 0 fully saturated rings. The second-order valence-electron chi connectivity index (χ2n) is 2.76. The standard InChI is InChI=1S/C8H5F3N2O/c9-8(10,11)4-1-5(12)7-6(2-4)13-3-14-7/h1-3H,12H2. The summed E-state index contributed by atoms with van der Waals surface area (Å²) in [5.41, 5.74) is 4.77. The Morgan fingerprint density at radius 1 is 1.29 bits per heavy atom. The van der Waals surface area contributed by atoms with Gasteiger partial charge in [-0.3, -0.25) is 0 Å². The number of hydrogen-bond acceptors (Lipinski definition) is 3. The lowest BCUT2D eigenvalue weighted by atomic mass is 10.1. The highest BCUT2D eigenvalue weighted by Gasteiger charge is 2.31. The maximum Gasteiger partial charge on any atom is 0.416 e. The summed E-state index contributed by atoms with van der Waals surface area (Å²) in [6.07, 6.45) is -3.36. The molecule has 0 spiro atoms. The van der Waals surface area contributed by atoms with Gasteiger partial charge in [-0.25, -0.2) is 4.98 Å². The third kappa shape index (κ3) is 1.28. The number of aromatic nitrogens is 1. The smallest absolute Gasteiger partial charge is 0.416 e. The van der Waals surface area contributed by atoms with Crippen LogP contribution in [0, 0.1) is 0 Å². The number of anilines is 1. The minimum Gasteiger partial charge on any atom is -0.441 e. The first kappa shape index (κ1) is 8.86. The van der Waals surface area contributed by atoms with Crippen LogP contribution in [0.25, 0.3) is 11.1 Å². The van der Waals surface area contributed by atoms with E-state index in [0.29, 0.717) is 0 Å². The summed E-state index contributed by atoms with van der Waals surface area (Å²) in [4.78, 5) is 3.61. The van der Waals surface area contributed by atoms with Crippen molar-refractivity contribution in [1.82, 2.24) is 4.98 Å². The number of oxazole rings is 1. The molecule has 0 saturated carbocycles. The fourth-order valence-electron chi connectivity index (χ4n) is 1.16. The van der Waals surface area contributed by atoms with Crippen LogP contribution in [-0.4, -0.2) is 4.98 Å². The van der Waals surface area contributed by atoms with E-state index in [9.17, 15) is 13.2 Å². The van der Waals surface area contributed by atoms with Crippen LogP contribution in [0.2, 0.25) is 0 Å². The highest BCUT2D eigenvalue weighted by molar-refractivity contribution is 5.85. The number of rotatable bonds is 0. The van der Waals surface area contributed by atoms with Gasteiger partial charge in [0.25, 0.3) is 0 Å². The summed E-state index contributed by atoms with van der Waals surface area (Å²) >= 11 is 0. The molecule has 0 aliphatic carbocycles. The maximum absolute atomic E-state index is 12.3. The maximum atomic E-state index is 12.3. The molecule has 1 heterocycles. The summed E-state index contributed by atoms with van der Waals surface area (Å²) in [6.45, 7) is 0. The molecule has 2 rings (SSSR count). The van der Waals surface area contributed by atoms with Crippen molar-refractivity contribution in [3.63, 3.8) is 0 Å². The lowest BCUT2D eigenvalue weighted by molar-refractivity contribution is -0.137. The molecule has 1 aromatic heterocycles. The zero-order chi connectivity index (χ0) is 10.3. The number of benzene rings is 1. The van der Waals surface area contributed by atoms with Gasteiger partial charge >= 0.3 is 6.18 Å². The predicted molar refractivity (Wildman–Crippen MR) is 43.4 cm³/mol. The molecule has 1 aromatic carbocycles. The van der Waals surface area contributed by atoms with E-state index in [1.165, 1.54) is 0 Å². The highest BCUT2D eigenvalue weighted by Crippen LogP contribution is 2.33. The van der Waals surface area contributed by atoms with Gasteiger partial charge in [-0.1, -0.05) is 0 Å². The van der Waals surface area contributed by atoms with Crippen molar-refractivity contribution in [1.29, 1.82) is 0 Å². The number of fused-ring (bicyclic) bond motifs is 1. The number of nitrogens with two attached hydrogens (primary N) is 1. The Bertz CT molecular complexity index is 475. The van der Waals surface area contributed by atoms with Gasteiger partial charge < -0.3 is 10.2 Å². The molecular weight excluding hydrogens is 197 g/mol. The van der Waals surface area contributed by atoms with Gasteiger partial charge in [-0.05, 0) is 12.1 Å². The van der Waals surface area contributed by atoms with E-state index < -0.39 is 11.7 Å². The monoisotopic (exact) mass is 202 g/mol. The Kier molecular flexibility index (Phi) is 1.67. The Hall–Kier alpha value is -1.72. The zero-order valence-electron chi connectivity index (χ0n) is 6.80. The van der Waals surface area contributed by atoms with E-state index in [1.807, 2.05) is 0 Å². The van der Waals surface area contributed by atoms with Crippen LogP contribution in [0.1, 0.15) is 5.56 Å². The Labute approximate surface area is 76.3 Å². The molecule has 0 radical (unpaired) electrons. The topological polar surface area (TPSA) is 52.0 Å². The highest BCUT2D eigenvalue weighted by atomic mass is 19.4. The van der Waals surface area contributed by atoms with Crippen LogP contribution >= 0.6 is 0 Å². The minimum atomic E-state index is -4.42. The van der Waals surface area contributed by atoms with Crippen LogP contribution in [0.4, 0.5) is 18.9 Å². The molecule has 2 N–H and O–H groups in total. The van der Waals surface area contributed by atoms with E-state index in [2.05, 4.69) is 4.98 Å². The lowest BCUT2D eigenvalue weighted by Gasteiger charge is -2.06. The second-order valence-corrected chi connectivity index (χ2v) is 2.76. The first-order chi connectivity index (χ1) is 6.48. The van der Waals surface area contributed by atoms with Crippen molar-refractivity contribution in [3.8, 4) is 0 Å². The molecule has 0 saturated heterocycles. The average Bonchev–Trinajstić information content (AvgIpc) is 2.50. The summed E-state index contributed by atoms with van der Waals surface area (Å²) < 4.78 is 41.7. The van der Waals surface area contributed by atoms with Gasteiger partial charge in [0.05, 0.1) is 11.3 Å². The molecule has 0 amide bonds. The molecule has 2 aromatic rings. The van der Waals surface area contributed by atoms with Crippen LogP contribution in [0.15, 0.2) is 22.9 Å². The first-order valence-corrected chi connectivity index (χ1v) is 3.68. The lowest BCUT2D eigenvalue weighted by Crippen LogP contribution is -2.05. The molecule has 0 aliphatic rings. The average molecular weight is 202 g/mol. The van der Waals surface area contributed by atoms with Crippen molar-refractivity contribution in [2.75, 3.05) is 5.73 Å². The van der Waals surface area contributed by atoms with Crippen molar-refractivity contribution < 1.29 is 17.6 Å². The van der Waals surface area contributed by atoms with Crippen LogP contribution in [-0.2, 0) is 6.18 Å². The number of halogens is 3. The Morgan fingerprint density at radius 3 is 2.64 bits per heavy atom. The fourth-order valence-corrected chi connectivity index (χ4v) is 1.16. The Balaban J connectivity index is 2.70. The quantitative estimate of drug-likeness (QED) is 0.667. The number of alkyl halides is 3. The zero-order valence-corrected chi connectivity index (χ0v) is 6.80. The fraction of sp³-hybridized carbons (Fsp3) is 0.125. The summed E-state index contributed by atoms with van der Waals surface area (Å²) in [5, 5.41) is 0. The molecule has 0 aliphatic heterocycles. The van der Waals surface area contributed by atoms with Crippen LogP contribution in [0.3, 0.4) is 0 Å². The molecule has 0 atom stereocenters. The van der Waals surface area contributed by atoms with Crippen molar-refractivity contribution >= 4 is 16.8 Å². The van der Waals surface area contributed by atoms with E-state index in [1.54, 1.807) is 0 Å². The normalized spacial score (nSPS) is 12.2. The van der Waals surface area contributed by atoms with Crippen LogP contribution in [0.5, 0.6) is 0 Å². The predicted octanol–water partition coefficient (Wildman–Crippen LogP) is 2.43. The van der Waals surface area contributed by atoms with Crippen molar-refractivity contribution in [2.45, 2.75) is 6.18 Å². The third-order valence-electron chi connectivity index (χ3n) is 1.79. The summed E-state index contributed by atoms with van der Waals surface area (Å²) in [7, 11) is 0. The molecule has 3 nitrogen and oxygen atoms in total. The van der Waals surface area contributed by atoms with Gasteiger partial charge in [-0.2, -0.15) is 13.2 Å². The molecular formula is C8H5F3N2O. The number of hydrogen-bond donors (Lipinski definition) is 1. The van der Waals surface area contributed by atoms with Crippen LogP contribution < -0.4 is 5.73 Å². The second kappa shape index (κ2) is 2.63. The van der Waals surface area contributed by atoms with Gasteiger partial charge in [0.1, 0.15) is 5.52 Å². The van der Waals surface area contributed by atoms with Gasteiger partial charge in [0, 0.05) is 0 Å². The van der Waals surface area contributed by atoms with E-state index in [4.69, 9.17) is 10.2 Å². The first-order valence-electron chi connectivity index (χ1n) is 3.68. The van der Waals surface area contributed by atoms with E-state index >= 15 is 0 Å². The number of nitrogens with zero attached hydrogens (tertiary/aromatic N) is 1. The van der Waals surface area contributed by atoms with Gasteiger partial charge in [-0.15, -0.1) is 0 Å². The molecule has 6 heteroatoms. The van der Waals surface area contributed by atoms with E-state index in [-0.39, 0.29) is 16.8 Å². The Morgan fingerprint density at radius 2 is 2.00 bits per heavy atom. The largest absolute Gasteiger partial charge is 0.441 e. The molecule has 0 unspecified atom stereocenters. The summed E-state index contributed by atoms with van der Waals surface area (Å²) in [5.74, 6) is 0. The van der Waals surface area contributed by atoms with Gasteiger partial charge in [0.2, 0.25) is 0 Å². The minimum absolute atomic E-state index is 0.0627. The molecule has 74 valence electrons. The van der Waals surface area contributed by atoms with Crippen molar-refractivity contribution in [2.24, 2.45) is 0 Å². The van der Waals surface area contributed by atoms with E-state index in [0.717, 1.165) is 18.5 Å². The third-order valence-corrected chi connectivity index (χ3v) is 1.79. The number of nitrogen functional groups attached to an aromatic ring is 1.